The van der Waals surface area contributed by atoms with Gasteiger partial charge in [-0.2, -0.15) is 0 Å². The smallest absolute Gasteiger partial charge is 0.341 e. The van der Waals surface area contributed by atoms with Crippen LogP contribution in [-0.4, -0.2) is 36.1 Å². The number of thiophene rings is 1. The van der Waals surface area contributed by atoms with Gasteiger partial charge < -0.3 is 25.1 Å². The average Bonchev–Trinajstić information content (AvgIpc) is 3.57. The van der Waals surface area contributed by atoms with E-state index in [1.165, 1.54) is 18.0 Å². The fraction of sp³-hybridized carbons (Fsp3) is 0.143. The van der Waals surface area contributed by atoms with Gasteiger partial charge in [-0.05, 0) is 61.9 Å². The zero-order valence-corrected chi connectivity index (χ0v) is 22.7. The summed E-state index contributed by atoms with van der Waals surface area (Å²) in [4.78, 5) is 51.8. The fourth-order valence-corrected chi connectivity index (χ4v) is 5.41. The van der Waals surface area contributed by atoms with Crippen LogP contribution in [0, 0.1) is 6.92 Å². The number of furan rings is 1. The quantitative estimate of drug-likeness (QED) is 0.158. The Morgan fingerprint density at radius 2 is 1.64 bits per heavy atom. The van der Waals surface area contributed by atoms with Crippen molar-refractivity contribution in [2.45, 2.75) is 18.7 Å². The van der Waals surface area contributed by atoms with Gasteiger partial charge in [-0.1, -0.05) is 24.3 Å². The van der Waals surface area contributed by atoms with Crippen molar-refractivity contribution in [2.75, 3.05) is 28.3 Å². The summed E-state index contributed by atoms with van der Waals surface area (Å²) in [6.45, 7) is 3.48. The summed E-state index contributed by atoms with van der Waals surface area (Å²) < 4.78 is 10.3. The number of nitrogens with one attached hydrogen (secondary N) is 3. The molecule has 9 nitrogen and oxygen atoms in total. The number of hydrogen-bond donors (Lipinski definition) is 3. The summed E-state index contributed by atoms with van der Waals surface area (Å²) in [5.74, 6) is -1.54. The predicted octanol–water partition coefficient (Wildman–Crippen LogP) is 6.06. The molecule has 4 rings (SSSR count). The number of hydrogen-bond acceptors (Lipinski definition) is 8. The second-order valence-corrected chi connectivity index (χ2v) is 10.2. The summed E-state index contributed by atoms with van der Waals surface area (Å²) in [6.07, 6.45) is 1.42. The summed E-state index contributed by atoms with van der Waals surface area (Å²) >= 11 is 2.27. The van der Waals surface area contributed by atoms with Gasteiger partial charge in [-0.25, -0.2) is 4.79 Å². The number of esters is 1. The molecule has 3 amide bonds. The van der Waals surface area contributed by atoms with E-state index in [1.54, 1.807) is 68.4 Å². The number of carbonyl (C=O) groups is 4. The number of benzene rings is 2. The summed E-state index contributed by atoms with van der Waals surface area (Å²) in [5.41, 5.74) is 1.74. The van der Waals surface area contributed by atoms with Crippen LogP contribution in [0.25, 0.3) is 0 Å². The third-order valence-corrected chi connectivity index (χ3v) is 7.52. The van der Waals surface area contributed by atoms with Gasteiger partial charge in [0.15, 0.2) is 5.76 Å². The molecule has 0 bridgehead atoms. The SMILES string of the molecule is CCOC(=O)c1c(NC(=O)CSc2cccc(NC(=O)c3ccco3)c2)sc(C(=O)Nc2ccccc2)c1C. The number of anilines is 3. The molecule has 2 aromatic carbocycles. The molecule has 0 saturated carbocycles. The van der Waals surface area contributed by atoms with E-state index in [0.29, 0.717) is 21.8 Å². The van der Waals surface area contributed by atoms with Gasteiger partial charge in [-0.15, -0.1) is 23.1 Å². The van der Waals surface area contributed by atoms with E-state index in [9.17, 15) is 19.2 Å². The van der Waals surface area contributed by atoms with Crippen molar-refractivity contribution in [2.24, 2.45) is 0 Å². The number of carbonyl (C=O) groups excluding carboxylic acids is 4. The standard InChI is InChI=1S/C28H25N3O6S2/c1-3-36-28(35)23-17(2)24(26(34)29-18-9-5-4-6-10-18)39-27(23)31-22(32)16-38-20-12-7-11-19(15-20)30-25(33)21-13-8-14-37-21/h4-15H,3,16H2,1-2H3,(H,29,34)(H,30,33)(H,31,32). The molecule has 3 N–H and O–H groups in total. The van der Waals surface area contributed by atoms with E-state index < -0.39 is 11.9 Å². The van der Waals surface area contributed by atoms with Gasteiger partial charge in [0, 0.05) is 16.3 Å². The van der Waals surface area contributed by atoms with E-state index in [-0.39, 0.29) is 40.5 Å². The Bertz CT molecular complexity index is 1480. The van der Waals surface area contributed by atoms with Crippen LogP contribution in [0.15, 0.2) is 82.3 Å². The highest BCUT2D eigenvalue weighted by Gasteiger charge is 2.26. The number of para-hydroxylation sites is 1. The number of amides is 3. The molecule has 0 radical (unpaired) electrons. The van der Waals surface area contributed by atoms with Crippen LogP contribution < -0.4 is 16.0 Å². The number of thioether (sulfide) groups is 1. The Kier molecular flexibility index (Phi) is 9.18. The van der Waals surface area contributed by atoms with Crippen LogP contribution in [0.5, 0.6) is 0 Å². The molecule has 0 atom stereocenters. The molecule has 200 valence electrons. The zero-order valence-electron chi connectivity index (χ0n) is 21.1. The van der Waals surface area contributed by atoms with Crippen molar-refractivity contribution in [3.05, 3.63) is 94.8 Å². The van der Waals surface area contributed by atoms with Crippen molar-refractivity contribution < 1.29 is 28.3 Å². The van der Waals surface area contributed by atoms with E-state index in [2.05, 4.69) is 16.0 Å². The van der Waals surface area contributed by atoms with Crippen LogP contribution in [0.1, 0.15) is 43.1 Å². The minimum atomic E-state index is -0.618. The summed E-state index contributed by atoms with van der Waals surface area (Å²) in [5, 5.41) is 8.56. The van der Waals surface area contributed by atoms with E-state index in [1.807, 2.05) is 12.1 Å². The Hall–Kier alpha value is -4.35. The molecule has 2 aromatic heterocycles. The molecule has 0 spiro atoms. The minimum absolute atomic E-state index is 0.0281. The molecule has 0 aliphatic heterocycles. The highest BCUT2D eigenvalue weighted by Crippen LogP contribution is 2.35. The maximum absolute atomic E-state index is 13.0. The average molecular weight is 564 g/mol. The Morgan fingerprint density at radius 1 is 0.897 bits per heavy atom. The number of rotatable bonds is 10. The van der Waals surface area contributed by atoms with E-state index >= 15 is 0 Å². The van der Waals surface area contributed by atoms with Gasteiger partial charge in [0.25, 0.3) is 11.8 Å². The monoisotopic (exact) mass is 563 g/mol. The van der Waals surface area contributed by atoms with Crippen molar-refractivity contribution in [3.63, 3.8) is 0 Å². The summed E-state index contributed by atoms with van der Waals surface area (Å²) in [6, 6.07) is 19.2. The topological polar surface area (TPSA) is 127 Å². The van der Waals surface area contributed by atoms with Crippen LogP contribution >= 0.6 is 23.1 Å². The second-order valence-electron chi connectivity index (χ2n) is 8.10. The first-order chi connectivity index (χ1) is 18.9. The van der Waals surface area contributed by atoms with Gasteiger partial charge >= 0.3 is 5.97 Å². The number of ether oxygens (including phenoxy) is 1. The molecular formula is C28H25N3O6S2. The zero-order chi connectivity index (χ0) is 27.8. The van der Waals surface area contributed by atoms with Crippen LogP contribution in [0.2, 0.25) is 0 Å². The minimum Gasteiger partial charge on any atom is -0.462 e. The van der Waals surface area contributed by atoms with Gasteiger partial charge in [0.1, 0.15) is 5.00 Å². The first-order valence-corrected chi connectivity index (χ1v) is 13.7. The lowest BCUT2D eigenvalue weighted by Gasteiger charge is -2.08. The molecule has 39 heavy (non-hydrogen) atoms. The Labute approximate surface area is 232 Å². The maximum atomic E-state index is 13.0. The van der Waals surface area contributed by atoms with Crippen LogP contribution in [-0.2, 0) is 9.53 Å². The lowest BCUT2D eigenvalue weighted by atomic mass is 10.1. The molecular weight excluding hydrogens is 538 g/mol. The fourth-order valence-electron chi connectivity index (χ4n) is 3.55. The van der Waals surface area contributed by atoms with Crippen molar-refractivity contribution >= 4 is 63.2 Å². The molecule has 2 heterocycles. The predicted molar refractivity (Wildman–Crippen MR) is 152 cm³/mol. The second kappa shape index (κ2) is 12.9. The highest BCUT2D eigenvalue weighted by molar-refractivity contribution is 8.00. The molecule has 4 aromatic rings. The van der Waals surface area contributed by atoms with Gasteiger partial charge in [-0.3, -0.25) is 14.4 Å². The largest absolute Gasteiger partial charge is 0.462 e. The van der Waals surface area contributed by atoms with Crippen molar-refractivity contribution in [1.82, 2.24) is 0 Å². The van der Waals surface area contributed by atoms with Gasteiger partial charge in [0.05, 0.1) is 29.1 Å². The van der Waals surface area contributed by atoms with Crippen molar-refractivity contribution in [1.29, 1.82) is 0 Å². The molecule has 11 heteroatoms. The third-order valence-electron chi connectivity index (χ3n) is 5.32. The molecule has 0 unspecified atom stereocenters. The van der Waals surface area contributed by atoms with Crippen molar-refractivity contribution in [3.8, 4) is 0 Å². The summed E-state index contributed by atoms with van der Waals surface area (Å²) in [7, 11) is 0. The molecule has 0 fully saturated rings. The first-order valence-electron chi connectivity index (χ1n) is 11.9. The maximum Gasteiger partial charge on any atom is 0.341 e. The first kappa shape index (κ1) is 27.7. The normalized spacial score (nSPS) is 10.5. The van der Waals surface area contributed by atoms with Crippen LogP contribution in [0.4, 0.5) is 16.4 Å². The molecule has 0 saturated heterocycles. The molecule has 0 aliphatic rings. The Morgan fingerprint density at radius 3 is 2.36 bits per heavy atom. The third kappa shape index (κ3) is 7.15. The highest BCUT2D eigenvalue weighted by atomic mass is 32.2. The lowest BCUT2D eigenvalue weighted by molar-refractivity contribution is -0.113. The lowest BCUT2D eigenvalue weighted by Crippen LogP contribution is -2.16. The van der Waals surface area contributed by atoms with Gasteiger partial charge in [0.2, 0.25) is 5.91 Å². The van der Waals surface area contributed by atoms with Crippen LogP contribution in [0.3, 0.4) is 0 Å². The van der Waals surface area contributed by atoms with E-state index in [0.717, 1.165) is 16.2 Å². The Balaban J connectivity index is 1.44. The molecule has 0 aliphatic carbocycles. The van der Waals surface area contributed by atoms with E-state index in [4.69, 9.17) is 9.15 Å².